The van der Waals surface area contributed by atoms with Crippen LogP contribution in [0.2, 0.25) is 0 Å². The molecule has 2 radical (unpaired) electrons. The van der Waals surface area contributed by atoms with Gasteiger partial charge in [-0.25, -0.2) is 0 Å². The normalized spacial score (nSPS) is 16.4. The van der Waals surface area contributed by atoms with Crippen molar-refractivity contribution in [3.63, 3.8) is 0 Å². The highest BCUT2D eigenvalue weighted by atomic mass is 14.7. The fourth-order valence-corrected chi connectivity index (χ4v) is 1.28. The average molecular weight is 131 g/mol. The van der Waals surface area contributed by atoms with Crippen LogP contribution < -0.4 is 0 Å². The van der Waals surface area contributed by atoms with Crippen molar-refractivity contribution in [1.82, 2.24) is 4.98 Å². The molecule has 0 bridgehead atoms. The molecule has 0 fully saturated rings. The third-order valence-electron chi connectivity index (χ3n) is 1.80. The van der Waals surface area contributed by atoms with E-state index >= 15 is 0 Å². The first-order valence-electron chi connectivity index (χ1n) is 3.64. The molecule has 0 amide bonds. The fourth-order valence-electron chi connectivity index (χ4n) is 1.28. The molecule has 1 aromatic rings. The van der Waals surface area contributed by atoms with E-state index in [4.69, 9.17) is 0 Å². The van der Waals surface area contributed by atoms with Gasteiger partial charge in [-0.15, -0.1) is 0 Å². The van der Waals surface area contributed by atoms with Gasteiger partial charge < -0.3 is 0 Å². The second-order valence-corrected chi connectivity index (χ2v) is 2.53. The van der Waals surface area contributed by atoms with Gasteiger partial charge in [-0.1, -0.05) is 6.07 Å². The fraction of sp³-hybridized carbons (Fsp3) is 0.333. The number of pyridine rings is 1. The molecule has 1 aliphatic carbocycles. The molecule has 10 heavy (non-hydrogen) atoms. The number of aryl methyl sites for hydroxylation is 1. The Balaban J connectivity index is 2.41. The lowest BCUT2D eigenvalue weighted by Gasteiger charge is -2.11. The van der Waals surface area contributed by atoms with Gasteiger partial charge in [-0.05, 0) is 30.9 Å². The van der Waals surface area contributed by atoms with E-state index in [1.807, 2.05) is 12.3 Å². The Kier molecular flexibility index (Phi) is 1.42. The molecular formula is C9H9N. The zero-order chi connectivity index (χ0) is 6.81. The van der Waals surface area contributed by atoms with Crippen LogP contribution >= 0.6 is 0 Å². The van der Waals surface area contributed by atoms with Gasteiger partial charge in [0.05, 0.1) is 0 Å². The van der Waals surface area contributed by atoms with Gasteiger partial charge in [0.1, 0.15) is 0 Å². The molecule has 0 saturated heterocycles. The zero-order valence-electron chi connectivity index (χ0n) is 5.80. The predicted octanol–water partition coefficient (Wildman–Crippen LogP) is 1.85. The minimum atomic E-state index is 1.10. The van der Waals surface area contributed by atoms with Crippen LogP contribution in [0.15, 0.2) is 18.3 Å². The lowest BCUT2D eigenvalue weighted by Crippen LogP contribution is -2.01. The Morgan fingerprint density at radius 2 is 2.50 bits per heavy atom. The molecule has 0 spiro atoms. The summed E-state index contributed by atoms with van der Waals surface area (Å²) in [7, 11) is 0. The molecule has 2 rings (SSSR count). The summed E-state index contributed by atoms with van der Waals surface area (Å²) >= 11 is 0. The van der Waals surface area contributed by atoms with Crippen molar-refractivity contribution in [1.29, 1.82) is 0 Å². The Hall–Kier alpha value is -0.850. The second kappa shape index (κ2) is 2.41. The molecule has 0 N–H and O–H groups in total. The molecule has 0 aliphatic heterocycles. The highest BCUT2D eigenvalue weighted by molar-refractivity contribution is 5.29. The zero-order valence-corrected chi connectivity index (χ0v) is 5.80. The minimum absolute atomic E-state index is 1.10. The Labute approximate surface area is 61.1 Å². The second-order valence-electron chi connectivity index (χ2n) is 2.53. The first kappa shape index (κ1) is 5.90. The number of hydrogen-bond donors (Lipinski definition) is 0. The van der Waals surface area contributed by atoms with Crippen LogP contribution in [-0.4, -0.2) is 4.98 Å². The third kappa shape index (κ3) is 0.919. The minimum Gasteiger partial charge on any atom is -0.261 e. The molecule has 1 nitrogen and oxygen atoms in total. The van der Waals surface area contributed by atoms with Gasteiger partial charge in [0.2, 0.25) is 0 Å². The molecule has 1 aliphatic rings. The maximum absolute atomic E-state index is 4.26. The number of nitrogens with zero attached hydrogens (tertiary/aromatic N) is 1. The van der Waals surface area contributed by atoms with Crippen LogP contribution in [0.4, 0.5) is 0 Å². The summed E-state index contributed by atoms with van der Waals surface area (Å²) in [6.07, 6.45) is 8.59. The van der Waals surface area contributed by atoms with Crippen LogP contribution in [0.1, 0.15) is 24.1 Å². The van der Waals surface area contributed by atoms with Gasteiger partial charge in [0.25, 0.3) is 0 Å². The monoisotopic (exact) mass is 131 g/mol. The van der Waals surface area contributed by atoms with E-state index < -0.39 is 0 Å². The van der Waals surface area contributed by atoms with Crippen LogP contribution in [0.25, 0.3) is 0 Å². The van der Waals surface area contributed by atoms with Crippen molar-refractivity contribution >= 4 is 0 Å². The summed E-state index contributed by atoms with van der Waals surface area (Å²) in [5.74, 6) is 0. The summed E-state index contributed by atoms with van der Waals surface area (Å²) in [5, 5.41) is 0. The van der Waals surface area contributed by atoms with E-state index in [0.29, 0.717) is 0 Å². The van der Waals surface area contributed by atoms with Gasteiger partial charge in [0.15, 0.2) is 0 Å². The number of aromatic nitrogens is 1. The van der Waals surface area contributed by atoms with Gasteiger partial charge in [0, 0.05) is 18.3 Å². The average Bonchev–Trinajstić information content (AvgIpc) is 2.05. The number of fused-ring (bicyclic) bond motifs is 1. The number of hydrogen-bond acceptors (Lipinski definition) is 1. The molecule has 0 aromatic carbocycles. The highest BCUT2D eigenvalue weighted by Gasteiger charge is 2.08. The van der Waals surface area contributed by atoms with E-state index in [0.717, 1.165) is 12.8 Å². The molecular weight excluding hydrogens is 122 g/mol. The van der Waals surface area contributed by atoms with Gasteiger partial charge >= 0.3 is 0 Å². The molecule has 50 valence electrons. The Morgan fingerprint density at radius 3 is 3.40 bits per heavy atom. The molecule has 1 aromatic heterocycles. The lowest BCUT2D eigenvalue weighted by atomic mass is 9.96. The van der Waals surface area contributed by atoms with E-state index in [1.54, 1.807) is 0 Å². The van der Waals surface area contributed by atoms with Gasteiger partial charge in [-0.3, -0.25) is 4.98 Å². The summed E-state index contributed by atoms with van der Waals surface area (Å²) in [6.45, 7) is 0. The third-order valence-corrected chi connectivity index (χ3v) is 1.80. The first-order valence-corrected chi connectivity index (χ1v) is 3.64. The van der Waals surface area contributed by atoms with Crippen molar-refractivity contribution in [3.05, 3.63) is 36.0 Å². The SMILES string of the molecule is [C]1CCCc2ncccc21. The maximum atomic E-state index is 4.26. The van der Waals surface area contributed by atoms with Crippen molar-refractivity contribution in [2.75, 3.05) is 0 Å². The van der Waals surface area contributed by atoms with Crippen molar-refractivity contribution in [3.8, 4) is 0 Å². The molecule has 1 heteroatoms. The predicted molar refractivity (Wildman–Crippen MR) is 39.5 cm³/mol. The standard InChI is InChI=1S/C9H9N/c1-2-6-9-8(4-1)5-3-7-10-9/h3,5,7H,1-2,6H2. The van der Waals surface area contributed by atoms with Crippen LogP contribution in [0.5, 0.6) is 0 Å². The van der Waals surface area contributed by atoms with Crippen molar-refractivity contribution in [2.24, 2.45) is 0 Å². The van der Waals surface area contributed by atoms with Crippen molar-refractivity contribution in [2.45, 2.75) is 19.3 Å². The van der Waals surface area contributed by atoms with E-state index in [1.165, 1.54) is 17.7 Å². The maximum Gasteiger partial charge on any atom is 0.0441 e. The largest absolute Gasteiger partial charge is 0.261 e. The topological polar surface area (TPSA) is 12.9 Å². The molecule has 0 saturated carbocycles. The lowest BCUT2D eigenvalue weighted by molar-refractivity contribution is 0.750. The first-order chi connectivity index (χ1) is 4.97. The summed E-state index contributed by atoms with van der Waals surface area (Å²) in [5.41, 5.74) is 2.43. The Bertz CT molecular complexity index is 205. The highest BCUT2D eigenvalue weighted by Crippen LogP contribution is 2.19. The Morgan fingerprint density at radius 1 is 1.50 bits per heavy atom. The van der Waals surface area contributed by atoms with E-state index in [2.05, 4.69) is 17.5 Å². The molecule has 0 atom stereocenters. The van der Waals surface area contributed by atoms with Crippen LogP contribution in [0.3, 0.4) is 0 Å². The summed E-state index contributed by atoms with van der Waals surface area (Å²) < 4.78 is 0. The van der Waals surface area contributed by atoms with Gasteiger partial charge in [-0.2, -0.15) is 0 Å². The van der Waals surface area contributed by atoms with Crippen LogP contribution in [0, 0.1) is 6.42 Å². The number of rotatable bonds is 0. The molecule has 0 unspecified atom stereocenters. The van der Waals surface area contributed by atoms with E-state index in [-0.39, 0.29) is 0 Å². The van der Waals surface area contributed by atoms with E-state index in [9.17, 15) is 0 Å². The van der Waals surface area contributed by atoms with Crippen LogP contribution in [-0.2, 0) is 6.42 Å². The summed E-state index contributed by atoms with van der Waals surface area (Å²) in [6, 6.07) is 4.05. The molecule has 1 heterocycles. The van der Waals surface area contributed by atoms with Crippen molar-refractivity contribution < 1.29 is 0 Å². The summed E-state index contributed by atoms with van der Waals surface area (Å²) in [4.78, 5) is 4.26. The smallest absolute Gasteiger partial charge is 0.0441 e. The quantitative estimate of drug-likeness (QED) is 0.523.